The molecule has 2 aromatic rings. The largest absolute Gasteiger partial charge is 0.338 e. The number of carbonyl (C=O) groups is 2. The molecule has 2 heterocycles. The van der Waals surface area contributed by atoms with Gasteiger partial charge >= 0.3 is 0 Å². The van der Waals surface area contributed by atoms with E-state index in [0.717, 1.165) is 18.5 Å². The predicted molar refractivity (Wildman–Crippen MR) is 123 cm³/mol. The molecule has 4 rings (SSSR count). The van der Waals surface area contributed by atoms with Gasteiger partial charge < -0.3 is 10.2 Å². The lowest BCUT2D eigenvalue weighted by molar-refractivity contribution is -0.128. The molecule has 2 aliphatic heterocycles. The first kappa shape index (κ1) is 23.4. The molecule has 2 N–H and O–H groups in total. The smallest absolute Gasteiger partial charge is 0.255 e. The molecule has 9 nitrogen and oxygen atoms in total. The van der Waals surface area contributed by atoms with E-state index in [1.807, 2.05) is 6.07 Å². The lowest BCUT2D eigenvalue weighted by Crippen LogP contribution is -2.35. The van der Waals surface area contributed by atoms with Crippen molar-refractivity contribution in [1.29, 1.82) is 0 Å². The van der Waals surface area contributed by atoms with E-state index in [9.17, 15) is 26.4 Å². The fraction of sp³-hybridized carbons (Fsp3) is 0.364. The average molecular weight is 492 g/mol. The van der Waals surface area contributed by atoms with Crippen molar-refractivity contribution >= 4 is 37.4 Å². The van der Waals surface area contributed by atoms with Crippen molar-refractivity contribution in [3.63, 3.8) is 0 Å². The van der Waals surface area contributed by atoms with Crippen LogP contribution < -0.4 is 10.0 Å². The molecule has 11 heteroatoms. The van der Waals surface area contributed by atoms with Crippen molar-refractivity contribution in [3.05, 3.63) is 59.7 Å². The van der Waals surface area contributed by atoms with Crippen molar-refractivity contribution in [3.8, 4) is 0 Å². The van der Waals surface area contributed by atoms with E-state index >= 15 is 0 Å². The summed E-state index contributed by atoms with van der Waals surface area (Å²) in [5, 5.41) is 2.76. The highest BCUT2D eigenvalue weighted by Gasteiger charge is 2.31. The third-order valence-corrected chi connectivity index (χ3v) is 8.98. The first-order valence-corrected chi connectivity index (χ1v) is 13.9. The van der Waals surface area contributed by atoms with Crippen LogP contribution in [-0.2, 0) is 31.2 Å². The second-order valence-corrected chi connectivity index (χ2v) is 12.3. The van der Waals surface area contributed by atoms with Crippen LogP contribution in [0, 0.1) is 0 Å². The summed E-state index contributed by atoms with van der Waals surface area (Å²) >= 11 is 0. The van der Waals surface area contributed by atoms with Gasteiger partial charge in [0.05, 0.1) is 16.4 Å². The minimum atomic E-state index is -3.98. The number of nitrogens with zero attached hydrogens (tertiary/aromatic N) is 1. The lowest BCUT2D eigenvalue weighted by Gasteiger charge is -2.16. The van der Waals surface area contributed by atoms with Crippen LogP contribution in [0.4, 0.5) is 5.69 Å². The number of rotatable bonds is 7. The monoisotopic (exact) mass is 491 g/mol. The molecule has 0 unspecified atom stereocenters. The first-order chi connectivity index (χ1) is 15.6. The molecule has 0 saturated carbocycles. The molecular formula is C22H25N3O6S2. The van der Waals surface area contributed by atoms with Crippen LogP contribution in [0.3, 0.4) is 0 Å². The van der Waals surface area contributed by atoms with Gasteiger partial charge in [0.1, 0.15) is 0 Å². The highest BCUT2D eigenvalue weighted by atomic mass is 32.2. The molecule has 2 amide bonds. The Hall–Kier alpha value is -2.76. The van der Waals surface area contributed by atoms with Crippen LogP contribution in [0.1, 0.15) is 35.2 Å². The number of anilines is 1. The van der Waals surface area contributed by atoms with Gasteiger partial charge in [-0.05, 0) is 48.7 Å². The van der Waals surface area contributed by atoms with E-state index in [1.54, 1.807) is 23.1 Å². The topological polar surface area (TPSA) is 130 Å². The standard InChI is InChI=1S/C22H25N3O6S2/c26-21-8-3-10-25(21)14-16-4-1-6-18(12-16)23-22(27)17-5-2-7-20(13-17)33(30,31)24-19-9-11-32(28,29)15-19/h1-2,4-7,12-13,19,24H,3,8-11,14-15H2,(H,23,27)/t19-/m0/s1. The number of hydrogen-bond donors (Lipinski definition) is 2. The van der Waals surface area contributed by atoms with Gasteiger partial charge in [0, 0.05) is 36.8 Å². The maximum absolute atomic E-state index is 12.8. The minimum Gasteiger partial charge on any atom is -0.338 e. The molecule has 2 aliphatic rings. The van der Waals surface area contributed by atoms with Crippen molar-refractivity contribution < 1.29 is 26.4 Å². The van der Waals surface area contributed by atoms with Crippen LogP contribution in [0.25, 0.3) is 0 Å². The van der Waals surface area contributed by atoms with Gasteiger partial charge in [-0.25, -0.2) is 21.6 Å². The van der Waals surface area contributed by atoms with Crippen molar-refractivity contribution in [2.45, 2.75) is 36.7 Å². The number of likely N-dealkylation sites (tertiary alicyclic amines) is 1. The van der Waals surface area contributed by atoms with Gasteiger partial charge in [-0.1, -0.05) is 18.2 Å². The highest BCUT2D eigenvalue weighted by Crippen LogP contribution is 2.20. The van der Waals surface area contributed by atoms with Gasteiger partial charge in [0.2, 0.25) is 15.9 Å². The van der Waals surface area contributed by atoms with E-state index in [-0.39, 0.29) is 34.3 Å². The van der Waals surface area contributed by atoms with Crippen molar-refractivity contribution in [1.82, 2.24) is 9.62 Å². The minimum absolute atomic E-state index is 0.0480. The quantitative estimate of drug-likeness (QED) is 0.604. The predicted octanol–water partition coefficient (Wildman–Crippen LogP) is 1.53. The zero-order valence-electron chi connectivity index (χ0n) is 17.9. The van der Waals surface area contributed by atoms with Crippen LogP contribution in [0.15, 0.2) is 53.4 Å². The summed E-state index contributed by atoms with van der Waals surface area (Å²) in [7, 11) is -7.21. The number of nitrogens with one attached hydrogen (secondary N) is 2. The first-order valence-electron chi connectivity index (χ1n) is 10.6. The number of sulfonamides is 1. The fourth-order valence-electron chi connectivity index (χ4n) is 4.02. The van der Waals surface area contributed by atoms with Crippen LogP contribution in [-0.4, -0.2) is 57.6 Å². The van der Waals surface area contributed by atoms with Gasteiger partial charge in [0.25, 0.3) is 5.91 Å². The Balaban J connectivity index is 1.44. The Morgan fingerprint density at radius 3 is 2.61 bits per heavy atom. The van der Waals surface area contributed by atoms with Crippen molar-refractivity contribution in [2.75, 3.05) is 23.4 Å². The number of benzene rings is 2. The number of hydrogen-bond acceptors (Lipinski definition) is 6. The Labute approximate surface area is 193 Å². The third-order valence-electron chi connectivity index (χ3n) is 5.69. The maximum Gasteiger partial charge on any atom is 0.255 e. The Morgan fingerprint density at radius 1 is 1.12 bits per heavy atom. The molecule has 1 atom stereocenters. The SMILES string of the molecule is O=C(Nc1cccc(CN2CCCC2=O)c1)c1cccc(S(=O)(=O)N[C@H]2CCS(=O)(=O)C2)c1. The highest BCUT2D eigenvalue weighted by molar-refractivity contribution is 7.92. The second kappa shape index (κ2) is 9.24. The summed E-state index contributed by atoms with van der Waals surface area (Å²) in [6.07, 6.45) is 1.63. The molecule has 2 aromatic carbocycles. The normalized spacial score (nSPS) is 20.2. The Morgan fingerprint density at radius 2 is 1.91 bits per heavy atom. The molecule has 176 valence electrons. The maximum atomic E-state index is 12.8. The van der Waals surface area contributed by atoms with E-state index in [1.165, 1.54) is 24.3 Å². The zero-order chi connectivity index (χ0) is 23.6. The molecule has 0 aromatic heterocycles. The summed E-state index contributed by atoms with van der Waals surface area (Å²) < 4.78 is 51.0. The number of carbonyl (C=O) groups excluding carboxylic acids is 2. The van der Waals surface area contributed by atoms with E-state index in [2.05, 4.69) is 10.0 Å². The number of sulfone groups is 1. The van der Waals surface area contributed by atoms with Gasteiger partial charge in [-0.15, -0.1) is 0 Å². The second-order valence-electron chi connectivity index (χ2n) is 8.32. The van der Waals surface area contributed by atoms with Gasteiger partial charge in [-0.2, -0.15) is 0 Å². The Kier molecular flexibility index (Phi) is 6.55. The molecule has 2 saturated heterocycles. The molecular weight excluding hydrogens is 466 g/mol. The fourth-order valence-corrected chi connectivity index (χ4v) is 7.12. The zero-order valence-corrected chi connectivity index (χ0v) is 19.5. The number of amides is 2. The third kappa shape index (κ3) is 5.79. The molecule has 0 bridgehead atoms. The summed E-state index contributed by atoms with van der Waals surface area (Å²) in [5.74, 6) is -0.643. The van der Waals surface area contributed by atoms with Crippen LogP contribution >= 0.6 is 0 Å². The molecule has 33 heavy (non-hydrogen) atoms. The van der Waals surface area contributed by atoms with Gasteiger partial charge in [0.15, 0.2) is 9.84 Å². The summed E-state index contributed by atoms with van der Waals surface area (Å²) in [4.78, 5) is 26.3. The average Bonchev–Trinajstić information content (AvgIpc) is 3.32. The van der Waals surface area contributed by atoms with Gasteiger partial charge in [-0.3, -0.25) is 9.59 Å². The van der Waals surface area contributed by atoms with E-state index in [0.29, 0.717) is 18.7 Å². The molecule has 0 spiro atoms. The molecule has 2 fully saturated rings. The summed E-state index contributed by atoms with van der Waals surface area (Å²) in [6.45, 7) is 1.19. The van der Waals surface area contributed by atoms with E-state index in [4.69, 9.17) is 0 Å². The summed E-state index contributed by atoms with van der Waals surface area (Å²) in [6, 6.07) is 12.1. The van der Waals surface area contributed by atoms with Crippen molar-refractivity contribution in [2.24, 2.45) is 0 Å². The lowest BCUT2D eigenvalue weighted by atomic mass is 10.1. The molecule has 0 aliphatic carbocycles. The van der Waals surface area contributed by atoms with E-state index < -0.39 is 31.8 Å². The molecule has 0 radical (unpaired) electrons. The summed E-state index contributed by atoms with van der Waals surface area (Å²) in [5.41, 5.74) is 1.57. The van der Waals surface area contributed by atoms with Crippen LogP contribution in [0.2, 0.25) is 0 Å². The Bertz CT molecular complexity index is 1290. The van der Waals surface area contributed by atoms with Crippen LogP contribution in [0.5, 0.6) is 0 Å².